The van der Waals surface area contributed by atoms with Gasteiger partial charge in [-0.3, -0.25) is 0 Å². The summed E-state index contributed by atoms with van der Waals surface area (Å²) in [6.45, 7) is 0.0459. The molecule has 0 radical (unpaired) electrons. The van der Waals surface area contributed by atoms with Gasteiger partial charge in [-0.25, -0.2) is 16.8 Å². The zero-order valence-corrected chi connectivity index (χ0v) is 12.5. The van der Waals surface area contributed by atoms with E-state index in [-0.39, 0.29) is 30.3 Å². The number of nitrogens with zero attached hydrogens (tertiary/aromatic N) is 1. The number of rotatable bonds is 3. The van der Waals surface area contributed by atoms with Crippen LogP contribution in [0.2, 0.25) is 5.02 Å². The second-order valence-corrected chi connectivity index (χ2v) is 9.08. The van der Waals surface area contributed by atoms with E-state index in [1.807, 2.05) is 0 Å². The number of sulfonamides is 1. The van der Waals surface area contributed by atoms with Crippen LogP contribution in [0.4, 0.5) is 0 Å². The Hall–Kier alpha value is -0.630. The molecule has 1 aromatic carbocycles. The maximum absolute atomic E-state index is 12.2. The van der Waals surface area contributed by atoms with Crippen molar-refractivity contribution in [2.75, 3.05) is 24.6 Å². The maximum Gasteiger partial charge on any atom is 0.218 e. The number of hydrogen-bond acceptors (Lipinski definition) is 4. The zero-order valence-electron chi connectivity index (χ0n) is 10.1. The van der Waals surface area contributed by atoms with Crippen LogP contribution in [-0.2, 0) is 25.6 Å². The molecule has 5 nitrogen and oxygen atoms in total. The van der Waals surface area contributed by atoms with Gasteiger partial charge in [0.25, 0.3) is 0 Å². The van der Waals surface area contributed by atoms with Crippen LogP contribution < -0.4 is 0 Å². The van der Waals surface area contributed by atoms with Crippen LogP contribution in [0.1, 0.15) is 5.56 Å². The quantitative estimate of drug-likeness (QED) is 0.828. The van der Waals surface area contributed by atoms with Gasteiger partial charge in [0, 0.05) is 18.1 Å². The van der Waals surface area contributed by atoms with Crippen molar-refractivity contribution in [3.63, 3.8) is 0 Å². The standard InChI is InChI=1S/C11H14ClNO4S2/c12-11-4-2-1-3-10(11)9-19(16,17)13-5-7-18(14,15)8-6-13/h1-4H,5-9H2. The molecule has 0 amide bonds. The minimum absolute atomic E-state index is 0.0229. The van der Waals surface area contributed by atoms with Crippen LogP contribution in [0, 0.1) is 0 Å². The average molecular weight is 324 g/mol. The molecular formula is C11H14ClNO4S2. The van der Waals surface area contributed by atoms with Gasteiger partial charge in [-0.2, -0.15) is 4.31 Å². The third kappa shape index (κ3) is 3.68. The molecule has 106 valence electrons. The molecule has 1 saturated heterocycles. The molecule has 0 aromatic heterocycles. The lowest BCUT2D eigenvalue weighted by Crippen LogP contribution is -2.44. The SMILES string of the molecule is O=S1(=O)CCN(S(=O)(=O)Cc2ccccc2Cl)CC1. The van der Waals surface area contributed by atoms with Crippen molar-refractivity contribution in [2.24, 2.45) is 0 Å². The molecule has 1 aliphatic rings. The third-order valence-electron chi connectivity index (χ3n) is 2.99. The Kier molecular flexibility index (Phi) is 4.20. The molecule has 0 aliphatic carbocycles. The summed E-state index contributed by atoms with van der Waals surface area (Å²) in [6, 6.07) is 6.73. The van der Waals surface area contributed by atoms with E-state index in [1.54, 1.807) is 24.3 Å². The van der Waals surface area contributed by atoms with Crippen LogP contribution in [-0.4, -0.2) is 45.7 Å². The number of sulfone groups is 1. The van der Waals surface area contributed by atoms with E-state index < -0.39 is 19.9 Å². The molecule has 0 N–H and O–H groups in total. The minimum Gasteiger partial charge on any atom is -0.229 e. The first kappa shape index (κ1) is 14.8. The Morgan fingerprint density at radius 2 is 1.74 bits per heavy atom. The fourth-order valence-corrected chi connectivity index (χ4v) is 5.16. The molecule has 2 rings (SSSR count). The van der Waals surface area contributed by atoms with Crippen molar-refractivity contribution in [3.8, 4) is 0 Å². The van der Waals surface area contributed by atoms with E-state index in [0.717, 1.165) is 0 Å². The highest BCUT2D eigenvalue weighted by atomic mass is 35.5. The van der Waals surface area contributed by atoms with Gasteiger partial charge in [0.1, 0.15) is 0 Å². The summed E-state index contributed by atoms with van der Waals surface area (Å²) < 4.78 is 48.2. The lowest BCUT2D eigenvalue weighted by atomic mass is 10.2. The third-order valence-corrected chi connectivity index (χ3v) is 6.80. The Morgan fingerprint density at radius 3 is 2.32 bits per heavy atom. The van der Waals surface area contributed by atoms with Crippen LogP contribution in [0.25, 0.3) is 0 Å². The molecule has 1 heterocycles. The largest absolute Gasteiger partial charge is 0.229 e. The Balaban J connectivity index is 2.14. The number of benzene rings is 1. The predicted octanol–water partition coefficient (Wildman–Crippen LogP) is 0.900. The van der Waals surface area contributed by atoms with Gasteiger partial charge in [-0.05, 0) is 11.6 Å². The minimum atomic E-state index is -3.52. The van der Waals surface area contributed by atoms with E-state index >= 15 is 0 Å². The first-order valence-corrected chi connectivity index (χ1v) is 9.53. The summed E-state index contributed by atoms with van der Waals surface area (Å²) in [6.07, 6.45) is 0. The average Bonchev–Trinajstić information content (AvgIpc) is 2.31. The van der Waals surface area contributed by atoms with E-state index in [1.165, 1.54) is 4.31 Å². The number of hydrogen-bond donors (Lipinski definition) is 0. The van der Waals surface area contributed by atoms with Crippen LogP contribution >= 0.6 is 11.6 Å². The lowest BCUT2D eigenvalue weighted by Gasteiger charge is -2.26. The molecule has 8 heteroatoms. The summed E-state index contributed by atoms with van der Waals surface area (Å²) in [4.78, 5) is 0. The molecule has 0 atom stereocenters. The van der Waals surface area contributed by atoms with Gasteiger partial charge >= 0.3 is 0 Å². The Bertz CT molecular complexity index is 656. The fourth-order valence-electron chi connectivity index (χ4n) is 1.88. The summed E-state index contributed by atoms with van der Waals surface area (Å²) >= 11 is 5.94. The molecular weight excluding hydrogens is 310 g/mol. The first-order valence-electron chi connectivity index (χ1n) is 5.72. The highest BCUT2D eigenvalue weighted by Gasteiger charge is 2.30. The number of halogens is 1. The molecule has 0 unspecified atom stereocenters. The van der Waals surface area contributed by atoms with Crippen LogP contribution in [0.15, 0.2) is 24.3 Å². The van der Waals surface area contributed by atoms with Crippen molar-refractivity contribution in [1.29, 1.82) is 0 Å². The van der Waals surface area contributed by atoms with Crippen molar-refractivity contribution < 1.29 is 16.8 Å². The molecule has 1 fully saturated rings. The van der Waals surface area contributed by atoms with Crippen molar-refractivity contribution in [2.45, 2.75) is 5.75 Å². The van der Waals surface area contributed by atoms with E-state index in [2.05, 4.69) is 0 Å². The lowest BCUT2D eigenvalue weighted by molar-refractivity contribution is 0.430. The second kappa shape index (κ2) is 5.40. The van der Waals surface area contributed by atoms with Crippen molar-refractivity contribution >= 4 is 31.5 Å². The van der Waals surface area contributed by atoms with Gasteiger partial charge < -0.3 is 0 Å². The fraction of sp³-hybridized carbons (Fsp3) is 0.455. The van der Waals surface area contributed by atoms with E-state index in [9.17, 15) is 16.8 Å². The van der Waals surface area contributed by atoms with Gasteiger partial charge in [0.05, 0.1) is 17.3 Å². The highest BCUT2D eigenvalue weighted by molar-refractivity contribution is 7.92. The molecule has 0 saturated carbocycles. The molecule has 19 heavy (non-hydrogen) atoms. The summed E-state index contributed by atoms with van der Waals surface area (Å²) in [7, 11) is -6.61. The van der Waals surface area contributed by atoms with Gasteiger partial charge in [0.2, 0.25) is 10.0 Å². The zero-order chi connectivity index (χ0) is 14.1. The maximum atomic E-state index is 12.2. The summed E-state index contributed by atoms with van der Waals surface area (Å²) in [5.41, 5.74) is 0.526. The van der Waals surface area contributed by atoms with E-state index in [4.69, 9.17) is 11.6 Å². The van der Waals surface area contributed by atoms with Crippen molar-refractivity contribution in [3.05, 3.63) is 34.9 Å². The smallest absolute Gasteiger partial charge is 0.218 e. The van der Waals surface area contributed by atoms with Crippen molar-refractivity contribution in [1.82, 2.24) is 4.31 Å². The molecule has 0 bridgehead atoms. The van der Waals surface area contributed by atoms with Crippen LogP contribution in [0.3, 0.4) is 0 Å². The molecule has 1 aliphatic heterocycles. The normalized spacial score (nSPS) is 20.3. The predicted molar refractivity (Wildman–Crippen MR) is 74.3 cm³/mol. The Morgan fingerprint density at radius 1 is 1.16 bits per heavy atom. The topological polar surface area (TPSA) is 71.5 Å². The van der Waals surface area contributed by atoms with Crippen LogP contribution in [0.5, 0.6) is 0 Å². The van der Waals surface area contributed by atoms with Gasteiger partial charge in [-0.1, -0.05) is 29.8 Å². The van der Waals surface area contributed by atoms with Gasteiger partial charge in [0.15, 0.2) is 9.84 Å². The Labute approximate surface area is 118 Å². The van der Waals surface area contributed by atoms with E-state index in [0.29, 0.717) is 10.6 Å². The second-order valence-electron chi connectivity index (χ2n) is 4.40. The molecule has 0 spiro atoms. The monoisotopic (exact) mass is 323 g/mol. The first-order chi connectivity index (χ1) is 8.80. The molecule has 1 aromatic rings. The summed E-state index contributed by atoms with van der Waals surface area (Å²) in [5.74, 6) is -0.434. The highest BCUT2D eigenvalue weighted by Crippen LogP contribution is 2.20. The van der Waals surface area contributed by atoms with Gasteiger partial charge in [-0.15, -0.1) is 0 Å². The summed E-state index contributed by atoms with van der Waals surface area (Å²) in [5, 5.41) is 0.399.